The first kappa shape index (κ1) is 19.4. The molecule has 1 aromatic rings. The van der Waals surface area contributed by atoms with Gasteiger partial charge in [0.2, 0.25) is 5.91 Å². The number of amides is 2. The van der Waals surface area contributed by atoms with Crippen LogP contribution in [0, 0.1) is 11.3 Å². The molecule has 0 bridgehead atoms. The lowest BCUT2D eigenvalue weighted by molar-refractivity contribution is -0.141. The van der Waals surface area contributed by atoms with Crippen LogP contribution in [-0.4, -0.2) is 62.8 Å². The van der Waals surface area contributed by atoms with Crippen LogP contribution in [0.3, 0.4) is 0 Å². The van der Waals surface area contributed by atoms with Gasteiger partial charge >= 0.3 is 0 Å². The molecule has 1 atom stereocenters. The summed E-state index contributed by atoms with van der Waals surface area (Å²) < 4.78 is 1.74. The average molecular weight is 349 g/mol. The van der Waals surface area contributed by atoms with Crippen LogP contribution in [0.4, 0.5) is 0 Å². The fraction of sp³-hybridized carbons (Fsp3) is 0.778. The van der Waals surface area contributed by atoms with E-state index < -0.39 is 0 Å². The Labute approximate surface area is 150 Å². The third-order valence-electron chi connectivity index (χ3n) is 4.70. The second kappa shape index (κ2) is 7.97. The second-order valence-electron chi connectivity index (χ2n) is 7.81. The van der Waals surface area contributed by atoms with Crippen molar-refractivity contribution >= 4 is 11.8 Å². The molecular weight excluding hydrogens is 318 g/mol. The Hall–Kier alpha value is -1.92. The number of hydrogen-bond acceptors (Lipinski definition) is 4. The Morgan fingerprint density at radius 1 is 1.28 bits per heavy atom. The third-order valence-corrected chi connectivity index (χ3v) is 4.70. The minimum Gasteiger partial charge on any atom is -0.342 e. The number of likely N-dealkylation sites (tertiary alicyclic amines) is 1. The van der Waals surface area contributed by atoms with E-state index in [1.165, 1.54) is 0 Å². The van der Waals surface area contributed by atoms with E-state index in [1.54, 1.807) is 15.8 Å². The van der Waals surface area contributed by atoms with Crippen LogP contribution >= 0.6 is 0 Å². The highest BCUT2D eigenvalue weighted by Gasteiger charge is 2.31. The van der Waals surface area contributed by atoms with Gasteiger partial charge in [0.1, 0.15) is 0 Å². The van der Waals surface area contributed by atoms with Gasteiger partial charge in [0.05, 0.1) is 6.20 Å². The van der Waals surface area contributed by atoms with Gasteiger partial charge in [-0.1, -0.05) is 26.0 Å². The Bertz CT molecular complexity index is 601. The van der Waals surface area contributed by atoms with Gasteiger partial charge < -0.3 is 9.80 Å². The summed E-state index contributed by atoms with van der Waals surface area (Å²) in [6.07, 6.45) is 3.80. The minimum atomic E-state index is -0.349. The molecule has 0 radical (unpaired) electrons. The number of hydrogen-bond donors (Lipinski definition) is 0. The van der Waals surface area contributed by atoms with Crippen LogP contribution in [0.1, 0.15) is 57.9 Å². The van der Waals surface area contributed by atoms with Crippen LogP contribution in [0.5, 0.6) is 0 Å². The molecule has 0 aromatic carbocycles. The van der Waals surface area contributed by atoms with Crippen LogP contribution in [-0.2, 0) is 11.3 Å². The molecule has 0 unspecified atom stereocenters. The fourth-order valence-corrected chi connectivity index (χ4v) is 3.30. The lowest BCUT2D eigenvalue weighted by atomic mass is 9.91. The maximum absolute atomic E-state index is 12.5. The standard InChI is InChI=1S/C18H31N5O2/c1-6-21(7-2)16(24)15-13-23(20-19-15)12-14-9-8-10-22(11-14)17(25)18(3,4)5/h13-14H,6-12H2,1-5H3/t14-/m1/s1. The van der Waals surface area contributed by atoms with Gasteiger partial charge in [0, 0.05) is 38.1 Å². The van der Waals surface area contributed by atoms with Crippen molar-refractivity contribution in [1.82, 2.24) is 24.8 Å². The van der Waals surface area contributed by atoms with Gasteiger partial charge in [-0.2, -0.15) is 0 Å². The molecule has 0 spiro atoms. The third kappa shape index (κ3) is 4.80. The van der Waals surface area contributed by atoms with Gasteiger partial charge in [0.15, 0.2) is 5.69 Å². The smallest absolute Gasteiger partial charge is 0.276 e. The summed E-state index contributed by atoms with van der Waals surface area (Å²) >= 11 is 0. The molecule has 7 heteroatoms. The molecule has 0 aliphatic carbocycles. The molecular formula is C18H31N5O2. The van der Waals surface area contributed by atoms with Crippen molar-refractivity contribution in [2.24, 2.45) is 11.3 Å². The highest BCUT2D eigenvalue weighted by molar-refractivity contribution is 5.91. The minimum absolute atomic E-state index is 0.0792. The predicted octanol–water partition coefficient (Wildman–Crippen LogP) is 2.04. The number of rotatable bonds is 5. The van der Waals surface area contributed by atoms with Gasteiger partial charge in [-0.25, -0.2) is 0 Å². The SMILES string of the molecule is CCN(CC)C(=O)c1cn(C[C@@H]2CCCN(C(=O)C(C)(C)C)C2)nn1. The van der Waals surface area contributed by atoms with Gasteiger partial charge in [-0.05, 0) is 32.6 Å². The fourth-order valence-electron chi connectivity index (χ4n) is 3.30. The molecule has 2 heterocycles. The summed E-state index contributed by atoms with van der Waals surface area (Å²) in [5.41, 5.74) is 0.0422. The summed E-state index contributed by atoms with van der Waals surface area (Å²) in [4.78, 5) is 28.5. The number of aromatic nitrogens is 3. The summed E-state index contributed by atoms with van der Waals surface area (Å²) in [6, 6.07) is 0. The topological polar surface area (TPSA) is 71.3 Å². The van der Waals surface area contributed by atoms with Crippen LogP contribution in [0.15, 0.2) is 6.20 Å². The van der Waals surface area contributed by atoms with Crippen molar-refractivity contribution in [2.75, 3.05) is 26.2 Å². The zero-order chi connectivity index (χ0) is 18.6. The van der Waals surface area contributed by atoms with E-state index in [2.05, 4.69) is 10.3 Å². The van der Waals surface area contributed by atoms with Crippen LogP contribution in [0.25, 0.3) is 0 Å². The number of carbonyl (C=O) groups excluding carboxylic acids is 2. The van der Waals surface area contributed by atoms with Crippen LogP contribution < -0.4 is 0 Å². The first-order chi connectivity index (χ1) is 11.8. The molecule has 2 rings (SSSR count). The highest BCUT2D eigenvalue weighted by Crippen LogP contribution is 2.24. The van der Waals surface area contributed by atoms with E-state index >= 15 is 0 Å². The van der Waals surface area contributed by atoms with E-state index in [0.717, 1.165) is 25.9 Å². The molecule has 1 aliphatic rings. The van der Waals surface area contributed by atoms with Crippen LogP contribution in [0.2, 0.25) is 0 Å². The molecule has 140 valence electrons. The normalized spacial score (nSPS) is 18.3. The quantitative estimate of drug-likeness (QED) is 0.815. The lowest BCUT2D eigenvalue weighted by Gasteiger charge is -2.36. The van der Waals surface area contributed by atoms with Crippen molar-refractivity contribution in [3.05, 3.63) is 11.9 Å². The van der Waals surface area contributed by atoms with E-state index in [1.807, 2.05) is 39.5 Å². The zero-order valence-electron chi connectivity index (χ0n) is 16.2. The molecule has 0 N–H and O–H groups in total. The van der Waals surface area contributed by atoms with E-state index in [9.17, 15) is 9.59 Å². The number of piperidine rings is 1. The maximum atomic E-state index is 12.5. The van der Waals surface area contributed by atoms with Gasteiger partial charge in [-0.15, -0.1) is 5.10 Å². The molecule has 1 aliphatic heterocycles. The molecule has 1 saturated heterocycles. The number of nitrogens with zero attached hydrogens (tertiary/aromatic N) is 5. The van der Waals surface area contributed by atoms with E-state index in [-0.39, 0.29) is 17.2 Å². The lowest BCUT2D eigenvalue weighted by Crippen LogP contribution is -2.46. The van der Waals surface area contributed by atoms with Gasteiger partial charge in [-0.3, -0.25) is 14.3 Å². The molecule has 7 nitrogen and oxygen atoms in total. The molecule has 1 fully saturated rings. The average Bonchev–Trinajstić information content (AvgIpc) is 3.03. The Morgan fingerprint density at radius 3 is 2.56 bits per heavy atom. The number of carbonyl (C=O) groups is 2. The monoisotopic (exact) mass is 349 g/mol. The first-order valence-electron chi connectivity index (χ1n) is 9.25. The molecule has 2 amide bonds. The molecule has 1 aromatic heterocycles. The summed E-state index contributed by atoms with van der Waals surface area (Å²) in [5, 5.41) is 8.15. The Balaban J connectivity index is 1.98. The van der Waals surface area contributed by atoms with Crippen molar-refractivity contribution < 1.29 is 9.59 Å². The highest BCUT2D eigenvalue weighted by atomic mass is 16.2. The first-order valence-corrected chi connectivity index (χ1v) is 9.25. The summed E-state index contributed by atoms with van der Waals surface area (Å²) in [6.45, 7) is 13.4. The second-order valence-corrected chi connectivity index (χ2v) is 7.81. The van der Waals surface area contributed by atoms with E-state index in [4.69, 9.17) is 0 Å². The van der Waals surface area contributed by atoms with Crippen molar-refractivity contribution in [1.29, 1.82) is 0 Å². The molecule has 0 saturated carbocycles. The predicted molar refractivity (Wildman–Crippen MR) is 96.0 cm³/mol. The van der Waals surface area contributed by atoms with Crippen molar-refractivity contribution in [2.45, 2.75) is 54.0 Å². The van der Waals surface area contributed by atoms with Crippen molar-refractivity contribution in [3.63, 3.8) is 0 Å². The zero-order valence-corrected chi connectivity index (χ0v) is 16.2. The van der Waals surface area contributed by atoms with E-state index in [0.29, 0.717) is 31.2 Å². The Morgan fingerprint density at radius 2 is 1.96 bits per heavy atom. The Kier molecular flexibility index (Phi) is 6.19. The maximum Gasteiger partial charge on any atom is 0.276 e. The summed E-state index contributed by atoms with van der Waals surface area (Å²) in [5.74, 6) is 0.468. The largest absolute Gasteiger partial charge is 0.342 e. The van der Waals surface area contributed by atoms with Gasteiger partial charge in [0.25, 0.3) is 5.91 Å². The molecule has 25 heavy (non-hydrogen) atoms. The van der Waals surface area contributed by atoms with Crippen molar-refractivity contribution in [3.8, 4) is 0 Å². The summed E-state index contributed by atoms with van der Waals surface area (Å²) in [7, 11) is 0.